The van der Waals surface area contributed by atoms with Crippen LogP contribution in [-0.4, -0.2) is 49.6 Å². The molecule has 0 spiro atoms. The molecular weight excluding hydrogens is 337 g/mol. The minimum atomic E-state index is -0.476. The van der Waals surface area contributed by atoms with Gasteiger partial charge in [-0.05, 0) is 32.6 Å². The second kappa shape index (κ2) is 6.81. The first-order valence-corrected chi connectivity index (χ1v) is 8.64. The maximum absolute atomic E-state index is 14.1. The first-order valence-electron chi connectivity index (χ1n) is 8.64. The maximum atomic E-state index is 14.1. The highest BCUT2D eigenvalue weighted by atomic mass is 19.1. The fourth-order valence-electron chi connectivity index (χ4n) is 3.26. The topological polar surface area (TPSA) is 92.7 Å². The third kappa shape index (κ3) is 3.16. The summed E-state index contributed by atoms with van der Waals surface area (Å²) in [5.74, 6) is 1.31. The zero-order valence-corrected chi connectivity index (χ0v) is 14.7. The molecule has 1 saturated heterocycles. The summed E-state index contributed by atoms with van der Waals surface area (Å²) in [4.78, 5) is 26.1. The van der Waals surface area contributed by atoms with Gasteiger partial charge >= 0.3 is 0 Å². The van der Waals surface area contributed by atoms with Gasteiger partial charge in [0.15, 0.2) is 11.5 Å². The highest BCUT2D eigenvalue weighted by Gasteiger charge is 2.23. The lowest BCUT2D eigenvalue weighted by molar-refractivity contribution is 0.206. The van der Waals surface area contributed by atoms with Crippen molar-refractivity contribution in [3.05, 3.63) is 30.0 Å². The van der Waals surface area contributed by atoms with Crippen molar-refractivity contribution in [3.8, 4) is 5.88 Å². The number of aromatic nitrogens is 6. The molecule has 0 unspecified atom stereocenters. The van der Waals surface area contributed by atoms with Gasteiger partial charge in [0.2, 0.25) is 5.82 Å². The van der Waals surface area contributed by atoms with E-state index in [0.29, 0.717) is 29.7 Å². The van der Waals surface area contributed by atoms with E-state index in [-0.39, 0.29) is 5.88 Å². The standard InChI is InChI=1S/C17H20FN7O/c1-10-13(18)17(24-11(2)23-10)26-7-12-3-5-25(6-4-12)16-14-15(20-8-19-14)21-9-22-16/h8-9,12H,3-7H2,1-2H3,(H,19,20,21,22). The summed E-state index contributed by atoms with van der Waals surface area (Å²) in [5.41, 5.74) is 1.84. The summed E-state index contributed by atoms with van der Waals surface area (Å²) in [7, 11) is 0. The number of nitrogens with zero attached hydrogens (tertiary/aromatic N) is 6. The number of ether oxygens (including phenoxy) is 1. The molecule has 8 nitrogen and oxygen atoms in total. The van der Waals surface area contributed by atoms with Crippen LogP contribution < -0.4 is 9.64 Å². The fraction of sp³-hybridized carbons (Fsp3) is 0.471. The molecule has 0 bridgehead atoms. The number of H-pyrrole nitrogens is 1. The van der Waals surface area contributed by atoms with Crippen molar-refractivity contribution in [1.82, 2.24) is 29.9 Å². The lowest BCUT2D eigenvalue weighted by atomic mass is 9.98. The second-order valence-electron chi connectivity index (χ2n) is 6.52. The van der Waals surface area contributed by atoms with Crippen LogP contribution in [0.3, 0.4) is 0 Å². The molecule has 0 radical (unpaired) electrons. The van der Waals surface area contributed by atoms with E-state index < -0.39 is 5.82 Å². The number of nitrogens with one attached hydrogen (secondary N) is 1. The van der Waals surface area contributed by atoms with Gasteiger partial charge in [-0.2, -0.15) is 9.37 Å². The zero-order chi connectivity index (χ0) is 18.1. The molecule has 4 heterocycles. The average Bonchev–Trinajstić information content (AvgIpc) is 3.13. The highest BCUT2D eigenvalue weighted by Crippen LogP contribution is 2.26. The van der Waals surface area contributed by atoms with Crippen LogP contribution in [0.5, 0.6) is 5.88 Å². The number of rotatable bonds is 4. The Balaban J connectivity index is 1.38. The predicted molar refractivity (Wildman–Crippen MR) is 93.6 cm³/mol. The summed E-state index contributed by atoms with van der Waals surface area (Å²) in [6, 6.07) is 0. The lowest BCUT2D eigenvalue weighted by Crippen LogP contribution is -2.36. The minimum absolute atomic E-state index is 0.0485. The van der Waals surface area contributed by atoms with E-state index in [4.69, 9.17) is 4.74 Å². The molecule has 26 heavy (non-hydrogen) atoms. The maximum Gasteiger partial charge on any atom is 0.254 e. The molecule has 0 aromatic carbocycles. The Kier molecular flexibility index (Phi) is 4.36. The van der Waals surface area contributed by atoms with Crippen LogP contribution in [0.2, 0.25) is 0 Å². The minimum Gasteiger partial charge on any atom is -0.475 e. The number of anilines is 1. The van der Waals surface area contributed by atoms with Crippen LogP contribution in [0, 0.1) is 25.6 Å². The van der Waals surface area contributed by atoms with Crippen LogP contribution >= 0.6 is 0 Å². The second-order valence-corrected chi connectivity index (χ2v) is 6.52. The molecule has 1 N–H and O–H groups in total. The number of aromatic amines is 1. The van der Waals surface area contributed by atoms with E-state index in [9.17, 15) is 4.39 Å². The zero-order valence-electron chi connectivity index (χ0n) is 14.7. The average molecular weight is 357 g/mol. The Morgan fingerprint density at radius 1 is 1.19 bits per heavy atom. The molecule has 0 aliphatic carbocycles. The number of hydrogen-bond donors (Lipinski definition) is 1. The number of fused-ring (bicyclic) bond motifs is 1. The van der Waals surface area contributed by atoms with Crippen LogP contribution in [0.1, 0.15) is 24.4 Å². The molecule has 1 aliphatic heterocycles. The lowest BCUT2D eigenvalue weighted by Gasteiger charge is -2.32. The van der Waals surface area contributed by atoms with Gasteiger partial charge in [-0.3, -0.25) is 0 Å². The first kappa shape index (κ1) is 16.6. The Hall–Kier alpha value is -2.84. The van der Waals surface area contributed by atoms with Gasteiger partial charge in [-0.15, -0.1) is 0 Å². The Morgan fingerprint density at radius 2 is 2.00 bits per heavy atom. The van der Waals surface area contributed by atoms with Gasteiger partial charge in [0.25, 0.3) is 5.88 Å². The van der Waals surface area contributed by atoms with Crippen molar-refractivity contribution in [2.24, 2.45) is 5.92 Å². The van der Waals surface area contributed by atoms with Crippen LogP contribution in [0.25, 0.3) is 11.2 Å². The molecule has 3 aromatic rings. The van der Waals surface area contributed by atoms with E-state index in [1.165, 1.54) is 6.33 Å². The van der Waals surface area contributed by atoms with E-state index in [2.05, 4.69) is 34.8 Å². The predicted octanol–water partition coefficient (Wildman–Crippen LogP) is 2.19. The summed E-state index contributed by atoms with van der Waals surface area (Å²) in [6.45, 7) is 5.50. The smallest absolute Gasteiger partial charge is 0.254 e. The molecule has 0 amide bonds. The van der Waals surface area contributed by atoms with Gasteiger partial charge in [0.05, 0.1) is 18.6 Å². The molecular formula is C17H20FN7O. The van der Waals surface area contributed by atoms with Crippen molar-refractivity contribution >= 4 is 17.0 Å². The summed E-state index contributed by atoms with van der Waals surface area (Å²) in [6.07, 6.45) is 5.04. The highest BCUT2D eigenvalue weighted by molar-refractivity contribution is 5.82. The van der Waals surface area contributed by atoms with Crippen molar-refractivity contribution in [2.45, 2.75) is 26.7 Å². The van der Waals surface area contributed by atoms with Crippen LogP contribution in [-0.2, 0) is 0 Å². The van der Waals surface area contributed by atoms with Crippen LogP contribution in [0.4, 0.5) is 10.2 Å². The summed E-state index contributed by atoms with van der Waals surface area (Å²) >= 11 is 0. The number of hydrogen-bond acceptors (Lipinski definition) is 7. The quantitative estimate of drug-likeness (QED) is 0.765. The van der Waals surface area contributed by atoms with E-state index in [1.54, 1.807) is 20.2 Å². The van der Waals surface area contributed by atoms with Crippen LogP contribution in [0.15, 0.2) is 12.7 Å². The van der Waals surface area contributed by atoms with E-state index in [1.807, 2.05) is 0 Å². The number of aryl methyl sites for hydroxylation is 2. The van der Waals surface area contributed by atoms with E-state index >= 15 is 0 Å². The molecule has 1 fully saturated rings. The third-order valence-electron chi connectivity index (χ3n) is 4.67. The molecule has 0 saturated carbocycles. The molecule has 0 atom stereocenters. The van der Waals surface area contributed by atoms with Gasteiger partial charge in [0, 0.05) is 13.1 Å². The largest absolute Gasteiger partial charge is 0.475 e. The monoisotopic (exact) mass is 357 g/mol. The number of halogens is 1. The van der Waals surface area contributed by atoms with E-state index in [0.717, 1.165) is 37.3 Å². The number of piperidine rings is 1. The molecule has 3 aromatic heterocycles. The van der Waals surface area contributed by atoms with Gasteiger partial charge < -0.3 is 14.6 Å². The SMILES string of the molecule is Cc1nc(C)c(F)c(OCC2CCN(c3ncnc4nc[nH]c34)CC2)n1. The Labute approximate surface area is 149 Å². The molecule has 1 aliphatic rings. The van der Waals surface area contributed by atoms with Gasteiger partial charge in [0.1, 0.15) is 17.7 Å². The van der Waals surface area contributed by atoms with Crippen molar-refractivity contribution in [3.63, 3.8) is 0 Å². The van der Waals surface area contributed by atoms with Crippen molar-refractivity contribution in [2.75, 3.05) is 24.6 Å². The normalized spacial score (nSPS) is 15.6. The van der Waals surface area contributed by atoms with Gasteiger partial charge in [-0.25, -0.2) is 19.9 Å². The Morgan fingerprint density at radius 3 is 2.81 bits per heavy atom. The number of imidazole rings is 1. The molecule has 4 rings (SSSR count). The molecule has 136 valence electrons. The van der Waals surface area contributed by atoms with Crippen molar-refractivity contribution in [1.29, 1.82) is 0 Å². The Bertz CT molecular complexity index is 921. The molecule has 9 heteroatoms. The van der Waals surface area contributed by atoms with Gasteiger partial charge in [-0.1, -0.05) is 0 Å². The fourth-order valence-corrected chi connectivity index (χ4v) is 3.26. The summed E-state index contributed by atoms with van der Waals surface area (Å²) < 4.78 is 19.7. The van der Waals surface area contributed by atoms with Crippen molar-refractivity contribution < 1.29 is 9.13 Å². The third-order valence-corrected chi connectivity index (χ3v) is 4.67. The first-order chi connectivity index (χ1) is 12.6. The summed E-state index contributed by atoms with van der Waals surface area (Å²) in [5, 5.41) is 0.